The topological polar surface area (TPSA) is 43.8 Å². The van der Waals surface area contributed by atoms with Crippen molar-refractivity contribution in [3.05, 3.63) is 11.8 Å². The number of nitrogens with two attached hydrogens (primary N) is 1. The average molecular weight is 215 g/mol. The first-order valence-electron chi connectivity index (χ1n) is 5.15. The minimum atomic E-state index is -2.48. The molecule has 1 aliphatic rings. The molecule has 5 heteroatoms. The van der Waals surface area contributed by atoms with Gasteiger partial charge in [-0.15, -0.1) is 0 Å². The van der Waals surface area contributed by atoms with Crippen LogP contribution in [0.15, 0.2) is 6.07 Å². The molecule has 0 unspecified atom stereocenters. The molecule has 1 saturated carbocycles. The van der Waals surface area contributed by atoms with Crippen molar-refractivity contribution in [3.8, 4) is 0 Å². The fraction of sp³-hybridized carbons (Fsp3) is 0.700. The second kappa shape index (κ2) is 3.47. The molecule has 2 rings (SSSR count). The zero-order chi connectivity index (χ0) is 11.1. The summed E-state index contributed by atoms with van der Waals surface area (Å²) in [7, 11) is 1.76. The summed E-state index contributed by atoms with van der Waals surface area (Å²) in [6, 6.07) is 1.79. The number of aryl methyl sites for hydroxylation is 1. The quantitative estimate of drug-likeness (QED) is 0.781. The number of nitrogens with zero attached hydrogens (tertiary/aromatic N) is 2. The van der Waals surface area contributed by atoms with Gasteiger partial charge in [-0.3, -0.25) is 4.68 Å². The van der Waals surface area contributed by atoms with Gasteiger partial charge in [-0.2, -0.15) is 5.10 Å². The third kappa shape index (κ3) is 2.11. The highest BCUT2D eigenvalue weighted by atomic mass is 19.3. The van der Waals surface area contributed by atoms with E-state index in [2.05, 4.69) is 5.10 Å². The Balaban J connectivity index is 2.07. The van der Waals surface area contributed by atoms with E-state index < -0.39 is 5.92 Å². The molecule has 3 nitrogen and oxygen atoms in total. The van der Waals surface area contributed by atoms with Crippen LogP contribution in [0.25, 0.3) is 0 Å². The molecule has 0 saturated heterocycles. The van der Waals surface area contributed by atoms with Gasteiger partial charge in [0.2, 0.25) is 5.92 Å². The minimum absolute atomic E-state index is 0.0336. The van der Waals surface area contributed by atoms with Gasteiger partial charge in [0.15, 0.2) is 0 Å². The molecule has 1 aromatic heterocycles. The zero-order valence-electron chi connectivity index (χ0n) is 8.71. The maximum Gasteiger partial charge on any atom is 0.248 e. The summed E-state index contributed by atoms with van der Waals surface area (Å²) in [5.74, 6) is -1.74. The fourth-order valence-electron chi connectivity index (χ4n) is 2.04. The second-order valence-electron chi connectivity index (χ2n) is 4.25. The molecule has 15 heavy (non-hydrogen) atoms. The predicted molar refractivity (Wildman–Crippen MR) is 53.8 cm³/mol. The molecule has 0 aliphatic heterocycles. The summed E-state index contributed by atoms with van der Waals surface area (Å²) in [4.78, 5) is 0. The Bertz CT molecular complexity index is 330. The number of anilines is 1. The van der Waals surface area contributed by atoms with Crippen LogP contribution in [0.2, 0.25) is 0 Å². The van der Waals surface area contributed by atoms with Crippen LogP contribution in [-0.2, 0) is 7.05 Å². The monoisotopic (exact) mass is 215 g/mol. The Kier molecular flexibility index (Phi) is 2.40. The van der Waals surface area contributed by atoms with Crippen molar-refractivity contribution in [1.29, 1.82) is 0 Å². The Morgan fingerprint density at radius 2 is 2.07 bits per heavy atom. The standard InChI is InChI=1S/C10H15F2N3/c1-15-9(13)6-8(14-15)7-2-4-10(11,12)5-3-7/h6-7H,2-5,13H2,1H3. The lowest BCUT2D eigenvalue weighted by atomic mass is 9.85. The molecule has 1 heterocycles. The van der Waals surface area contributed by atoms with Gasteiger partial charge in [0.1, 0.15) is 5.82 Å². The van der Waals surface area contributed by atoms with Crippen LogP contribution in [0.5, 0.6) is 0 Å². The molecule has 1 fully saturated rings. The van der Waals surface area contributed by atoms with Gasteiger partial charge in [-0.1, -0.05) is 0 Å². The van der Waals surface area contributed by atoms with Crippen LogP contribution < -0.4 is 5.73 Å². The van der Waals surface area contributed by atoms with Crippen LogP contribution in [0.1, 0.15) is 37.3 Å². The van der Waals surface area contributed by atoms with Crippen LogP contribution in [0, 0.1) is 0 Å². The van der Waals surface area contributed by atoms with Crippen molar-refractivity contribution in [2.45, 2.75) is 37.5 Å². The molecule has 0 bridgehead atoms. The maximum absolute atomic E-state index is 12.9. The van der Waals surface area contributed by atoms with Crippen LogP contribution in [0.4, 0.5) is 14.6 Å². The Morgan fingerprint density at radius 3 is 2.53 bits per heavy atom. The van der Waals surface area contributed by atoms with Crippen molar-refractivity contribution in [2.24, 2.45) is 7.05 Å². The molecule has 0 radical (unpaired) electrons. The minimum Gasteiger partial charge on any atom is -0.384 e. The van der Waals surface area contributed by atoms with E-state index in [1.54, 1.807) is 17.8 Å². The first kappa shape index (κ1) is 10.4. The van der Waals surface area contributed by atoms with Crippen molar-refractivity contribution in [1.82, 2.24) is 9.78 Å². The number of alkyl halides is 2. The highest BCUT2D eigenvalue weighted by Gasteiger charge is 2.36. The van der Waals surface area contributed by atoms with Gasteiger partial charge in [-0.25, -0.2) is 8.78 Å². The third-order valence-electron chi connectivity index (χ3n) is 3.07. The summed E-state index contributed by atoms with van der Waals surface area (Å²) in [6.45, 7) is 0. The van der Waals surface area contributed by atoms with Gasteiger partial charge in [0.25, 0.3) is 0 Å². The predicted octanol–water partition coefficient (Wildman–Crippen LogP) is 2.30. The van der Waals surface area contributed by atoms with Gasteiger partial charge in [0.05, 0.1) is 5.69 Å². The average Bonchev–Trinajstić information content (AvgIpc) is 2.47. The molecule has 2 N–H and O–H groups in total. The van der Waals surface area contributed by atoms with E-state index in [9.17, 15) is 8.78 Å². The van der Waals surface area contributed by atoms with E-state index in [1.807, 2.05) is 0 Å². The highest BCUT2D eigenvalue weighted by molar-refractivity contribution is 5.32. The number of halogens is 2. The van der Waals surface area contributed by atoms with Crippen molar-refractivity contribution in [3.63, 3.8) is 0 Å². The fourth-order valence-corrected chi connectivity index (χ4v) is 2.04. The van der Waals surface area contributed by atoms with Crippen LogP contribution in [0.3, 0.4) is 0 Å². The SMILES string of the molecule is Cn1nc(C2CCC(F)(F)CC2)cc1N. The molecule has 0 amide bonds. The smallest absolute Gasteiger partial charge is 0.248 e. The summed E-state index contributed by atoms with van der Waals surface area (Å²) in [5, 5.41) is 4.23. The van der Waals surface area contributed by atoms with E-state index in [-0.39, 0.29) is 18.8 Å². The molecule has 84 valence electrons. The molecule has 1 aliphatic carbocycles. The van der Waals surface area contributed by atoms with Gasteiger partial charge < -0.3 is 5.73 Å². The molecular weight excluding hydrogens is 200 g/mol. The lowest BCUT2D eigenvalue weighted by molar-refractivity contribution is -0.0385. The Labute approximate surface area is 87.3 Å². The number of aromatic nitrogens is 2. The maximum atomic E-state index is 12.9. The van der Waals surface area contributed by atoms with E-state index in [0.717, 1.165) is 5.69 Å². The molecule has 1 aromatic rings. The van der Waals surface area contributed by atoms with E-state index in [0.29, 0.717) is 18.7 Å². The van der Waals surface area contributed by atoms with Gasteiger partial charge in [0, 0.05) is 31.9 Å². The third-order valence-corrected chi connectivity index (χ3v) is 3.07. The lowest BCUT2D eigenvalue weighted by Crippen LogP contribution is -2.23. The number of hydrogen-bond acceptors (Lipinski definition) is 2. The molecule has 0 aromatic carbocycles. The van der Waals surface area contributed by atoms with E-state index in [1.165, 1.54) is 0 Å². The molecular formula is C10H15F2N3. The molecule has 0 spiro atoms. The lowest BCUT2D eigenvalue weighted by Gasteiger charge is -2.26. The van der Waals surface area contributed by atoms with Crippen molar-refractivity contribution < 1.29 is 8.78 Å². The first-order valence-corrected chi connectivity index (χ1v) is 5.15. The molecule has 0 atom stereocenters. The van der Waals surface area contributed by atoms with Crippen LogP contribution >= 0.6 is 0 Å². The highest BCUT2D eigenvalue weighted by Crippen LogP contribution is 2.40. The summed E-state index contributed by atoms with van der Waals surface area (Å²) in [5.41, 5.74) is 6.51. The number of rotatable bonds is 1. The number of hydrogen-bond donors (Lipinski definition) is 1. The van der Waals surface area contributed by atoms with Gasteiger partial charge in [-0.05, 0) is 12.8 Å². The second-order valence-corrected chi connectivity index (χ2v) is 4.25. The van der Waals surface area contributed by atoms with Crippen LogP contribution in [-0.4, -0.2) is 15.7 Å². The van der Waals surface area contributed by atoms with Gasteiger partial charge >= 0.3 is 0 Å². The first-order chi connectivity index (χ1) is 6.98. The van der Waals surface area contributed by atoms with Crippen molar-refractivity contribution >= 4 is 5.82 Å². The Hall–Kier alpha value is -1.13. The Morgan fingerprint density at radius 1 is 1.47 bits per heavy atom. The van der Waals surface area contributed by atoms with Crippen molar-refractivity contribution in [2.75, 3.05) is 5.73 Å². The summed E-state index contributed by atoms with van der Waals surface area (Å²) >= 11 is 0. The summed E-state index contributed by atoms with van der Waals surface area (Å²) in [6.07, 6.45) is 0.940. The number of nitrogen functional groups attached to an aromatic ring is 1. The zero-order valence-corrected chi connectivity index (χ0v) is 8.71. The van der Waals surface area contributed by atoms with E-state index >= 15 is 0 Å². The van der Waals surface area contributed by atoms with E-state index in [4.69, 9.17) is 5.73 Å². The largest absolute Gasteiger partial charge is 0.384 e. The summed E-state index contributed by atoms with van der Waals surface area (Å²) < 4.78 is 27.4. The normalized spacial score (nSPS) is 21.8.